The van der Waals surface area contributed by atoms with Gasteiger partial charge in [-0.2, -0.15) is 0 Å². The first-order chi connectivity index (χ1) is 9.74. The van der Waals surface area contributed by atoms with Gasteiger partial charge in [0.15, 0.2) is 0 Å². The fourth-order valence-electron chi connectivity index (χ4n) is 3.55. The summed E-state index contributed by atoms with van der Waals surface area (Å²) in [5, 5.41) is 8.57. The van der Waals surface area contributed by atoms with Crippen molar-refractivity contribution in [3.05, 3.63) is 17.3 Å². The number of nitrogens with zero attached hydrogens (tertiary/aromatic N) is 2. The first-order valence-electron chi connectivity index (χ1n) is 7.47. The van der Waals surface area contributed by atoms with Crippen LogP contribution in [0.25, 0.3) is 10.2 Å². The van der Waals surface area contributed by atoms with E-state index < -0.39 is 0 Å². The van der Waals surface area contributed by atoms with Crippen LogP contribution < -0.4 is 10.6 Å². The Balaban J connectivity index is 1.57. The van der Waals surface area contributed by atoms with Crippen LogP contribution in [0.15, 0.2) is 12.4 Å². The predicted octanol–water partition coefficient (Wildman–Crippen LogP) is 3.09. The third-order valence-electron chi connectivity index (χ3n) is 4.73. The molecule has 0 radical (unpaired) electrons. The maximum absolute atomic E-state index is 4.47. The molecule has 106 valence electrons. The second-order valence-electron chi connectivity index (χ2n) is 6.19. The fourth-order valence-corrected chi connectivity index (χ4v) is 4.40. The van der Waals surface area contributed by atoms with Gasteiger partial charge in [0, 0.05) is 16.5 Å². The molecule has 1 unspecified atom stereocenters. The largest absolute Gasteiger partial charge is 0.367 e. The van der Waals surface area contributed by atoms with Gasteiger partial charge in [0.05, 0.1) is 5.39 Å². The number of nitrogens with one attached hydrogen (secondary N) is 2. The van der Waals surface area contributed by atoms with Gasteiger partial charge in [0.1, 0.15) is 17.0 Å². The van der Waals surface area contributed by atoms with E-state index >= 15 is 0 Å². The van der Waals surface area contributed by atoms with Gasteiger partial charge in [-0.1, -0.05) is 0 Å². The van der Waals surface area contributed by atoms with Crippen LogP contribution in [0, 0.1) is 6.92 Å². The third-order valence-corrected chi connectivity index (χ3v) is 5.69. The van der Waals surface area contributed by atoms with Crippen molar-refractivity contribution >= 4 is 27.4 Å². The normalized spacial score (nSPS) is 24.8. The van der Waals surface area contributed by atoms with E-state index in [1.807, 2.05) is 0 Å². The number of rotatable bonds is 2. The molecule has 4 nitrogen and oxygen atoms in total. The Morgan fingerprint density at radius 3 is 3.10 bits per heavy atom. The van der Waals surface area contributed by atoms with Crippen molar-refractivity contribution in [2.24, 2.45) is 0 Å². The summed E-state index contributed by atoms with van der Waals surface area (Å²) < 4.78 is 0. The molecule has 0 bridgehead atoms. The Labute approximate surface area is 123 Å². The molecule has 1 atom stereocenters. The van der Waals surface area contributed by atoms with Crippen molar-refractivity contribution in [2.45, 2.75) is 50.6 Å². The van der Waals surface area contributed by atoms with Gasteiger partial charge in [-0.15, -0.1) is 11.3 Å². The molecule has 2 aliphatic rings. The summed E-state index contributed by atoms with van der Waals surface area (Å²) in [6.45, 7) is 3.25. The van der Waals surface area contributed by atoms with Crippen LogP contribution in [0.3, 0.4) is 0 Å². The van der Waals surface area contributed by atoms with Gasteiger partial charge in [-0.3, -0.25) is 0 Å². The number of fused-ring (bicyclic) bond motifs is 1. The molecule has 2 fully saturated rings. The molecular formula is C15H20N4S. The molecule has 5 heteroatoms. The summed E-state index contributed by atoms with van der Waals surface area (Å²) >= 11 is 1.74. The Morgan fingerprint density at radius 1 is 1.40 bits per heavy atom. The second kappa shape index (κ2) is 4.67. The first kappa shape index (κ1) is 12.5. The SMILES string of the molecule is Cc1cc2c(NC3CCNC4(CCC4)C3)ncnc2s1. The minimum atomic E-state index is 0.423. The molecule has 20 heavy (non-hydrogen) atoms. The molecule has 2 N–H and O–H groups in total. The molecule has 2 aromatic heterocycles. The van der Waals surface area contributed by atoms with Gasteiger partial charge < -0.3 is 10.6 Å². The third kappa shape index (κ3) is 2.09. The fraction of sp³-hybridized carbons (Fsp3) is 0.600. The van der Waals surface area contributed by atoms with Crippen molar-refractivity contribution in [2.75, 3.05) is 11.9 Å². The number of hydrogen-bond acceptors (Lipinski definition) is 5. The summed E-state index contributed by atoms with van der Waals surface area (Å²) in [6.07, 6.45) is 8.13. The monoisotopic (exact) mass is 288 g/mol. The van der Waals surface area contributed by atoms with Crippen LogP contribution in [-0.4, -0.2) is 28.1 Å². The van der Waals surface area contributed by atoms with E-state index in [0.29, 0.717) is 11.6 Å². The molecule has 0 aromatic carbocycles. The Morgan fingerprint density at radius 2 is 2.30 bits per heavy atom. The smallest absolute Gasteiger partial charge is 0.138 e. The molecule has 2 aromatic rings. The summed E-state index contributed by atoms with van der Waals surface area (Å²) in [7, 11) is 0. The van der Waals surface area contributed by atoms with E-state index in [1.54, 1.807) is 17.7 Å². The van der Waals surface area contributed by atoms with E-state index in [1.165, 1.54) is 42.4 Å². The number of piperidine rings is 1. The summed E-state index contributed by atoms with van der Waals surface area (Å²) in [5.74, 6) is 1.01. The molecule has 1 spiro atoms. The van der Waals surface area contributed by atoms with E-state index in [9.17, 15) is 0 Å². The van der Waals surface area contributed by atoms with Crippen LogP contribution in [0.1, 0.15) is 37.0 Å². The molecule has 1 aliphatic heterocycles. The summed E-state index contributed by atoms with van der Waals surface area (Å²) in [4.78, 5) is 11.2. The lowest BCUT2D eigenvalue weighted by molar-refractivity contribution is 0.135. The van der Waals surface area contributed by atoms with Crippen molar-refractivity contribution in [1.29, 1.82) is 0 Å². The zero-order valence-corrected chi connectivity index (χ0v) is 12.6. The number of aromatic nitrogens is 2. The highest BCUT2D eigenvalue weighted by Gasteiger charge is 2.40. The minimum absolute atomic E-state index is 0.423. The highest BCUT2D eigenvalue weighted by Crippen LogP contribution is 2.39. The van der Waals surface area contributed by atoms with Crippen molar-refractivity contribution < 1.29 is 0 Å². The zero-order valence-electron chi connectivity index (χ0n) is 11.8. The van der Waals surface area contributed by atoms with Crippen LogP contribution in [0.5, 0.6) is 0 Å². The number of hydrogen-bond donors (Lipinski definition) is 2. The van der Waals surface area contributed by atoms with E-state index in [2.05, 4.69) is 33.6 Å². The number of anilines is 1. The second-order valence-corrected chi connectivity index (χ2v) is 7.43. The summed E-state index contributed by atoms with van der Waals surface area (Å²) in [6, 6.07) is 2.73. The lowest BCUT2D eigenvalue weighted by Gasteiger charge is -2.48. The standard InChI is InChI=1S/C15H20N4S/c1-10-7-12-13(16-9-17-14(12)20-10)19-11-3-6-18-15(8-11)4-2-5-15/h7,9,11,18H,2-6,8H2,1H3,(H,16,17,19). The minimum Gasteiger partial charge on any atom is -0.367 e. The van der Waals surface area contributed by atoms with Crippen molar-refractivity contribution in [3.63, 3.8) is 0 Å². The predicted molar refractivity (Wildman–Crippen MR) is 83.4 cm³/mol. The molecule has 1 saturated carbocycles. The van der Waals surface area contributed by atoms with Gasteiger partial charge >= 0.3 is 0 Å². The van der Waals surface area contributed by atoms with Crippen LogP contribution in [0.2, 0.25) is 0 Å². The van der Waals surface area contributed by atoms with E-state index in [4.69, 9.17) is 0 Å². The van der Waals surface area contributed by atoms with Crippen molar-refractivity contribution in [3.8, 4) is 0 Å². The maximum Gasteiger partial charge on any atom is 0.138 e. The molecule has 1 saturated heterocycles. The molecular weight excluding hydrogens is 268 g/mol. The first-order valence-corrected chi connectivity index (χ1v) is 8.29. The number of thiophene rings is 1. The van der Waals surface area contributed by atoms with Crippen LogP contribution in [-0.2, 0) is 0 Å². The average molecular weight is 288 g/mol. The van der Waals surface area contributed by atoms with Gasteiger partial charge in [0.2, 0.25) is 0 Å². The Hall–Kier alpha value is -1.20. The quantitative estimate of drug-likeness (QED) is 0.891. The van der Waals surface area contributed by atoms with E-state index in [-0.39, 0.29) is 0 Å². The highest BCUT2D eigenvalue weighted by atomic mass is 32.1. The van der Waals surface area contributed by atoms with Crippen molar-refractivity contribution in [1.82, 2.24) is 15.3 Å². The topological polar surface area (TPSA) is 49.8 Å². The molecule has 0 amide bonds. The molecule has 3 heterocycles. The van der Waals surface area contributed by atoms with Gasteiger partial charge in [-0.25, -0.2) is 9.97 Å². The Bertz CT molecular complexity index is 632. The Kier molecular flexibility index (Phi) is 2.93. The highest BCUT2D eigenvalue weighted by molar-refractivity contribution is 7.18. The van der Waals surface area contributed by atoms with Crippen LogP contribution >= 0.6 is 11.3 Å². The molecule has 4 rings (SSSR count). The summed E-state index contributed by atoms with van der Waals surface area (Å²) in [5.41, 5.74) is 0.423. The number of aryl methyl sites for hydroxylation is 1. The van der Waals surface area contributed by atoms with E-state index in [0.717, 1.165) is 17.2 Å². The average Bonchev–Trinajstić information content (AvgIpc) is 2.79. The maximum atomic E-state index is 4.47. The zero-order chi connectivity index (χ0) is 13.6. The lowest BCUT2D eigenvalue weighted by Crippen LogP contribution is -2.58. The van der Waals surface area contributed by atoms with Gasteiger partial charge in [0.25, 0.3) is 0 Å². The van der Waals surface area contributed by atoms with Gasteiger partial charge in [-0.05, 0) is 51.6 Å². The van der Waals surface area contributed by atoms with Crippen LogP contribution in [0.4, 0.5) is 5.82 Å². The molecule has 1 aliphatic carbocycles. The lowest BCUT2D eigenvalue weighted by atomic mass is 9.70.